The first-order valence-electron chi connectivity index (χ1n) is 6.20. The number of thiophene rings is 1. The Morgan fingerprint density at radius 3 is 2.68 bits per heavy atom. The lowest BCUT2D eigenvalue weighted by atomic mass is 10.1. The van der Waals surface area contributed by atoms with Crippen molar-refractivity contribution < 1.29 is 8.42 Å². The van der Waals surface area contributed by atoms with Crippen LogP contribution in [-0.4, -0.2) is 13.4 Å². The number of anilines is 1. The average molecular weight is 373 g/mol. The fraction of sp³-hybridized carbons (Fsp3) is 0.0714. The third-order valence-electron chi connectivity index (χ3n) is 3.13. The highest BCUT2D eigenvalue weighted by molar-refractivity contribution is 7.93. The smallest absolute Gasteiger partial charge is 0.264 e. The van der Waals surface area contributed by atoms with Crippen molar-refractivity contribution in [1.29, 1.82) is 0 Å². The highest BCUT2D eigenvalue weighted by Crippen LogP contribution is 2.36. The van der Waals surface area contributed by atoms with Crippen LogP contribution in [0.1, 0.15) is 5.56 Å². The van der Waals surface area contributed by atoms with Crippen molar-refractivity contribution in [3.8, 4) is 0 Å². The van der Waals surface area contributed by atoms with Crippen LogP contribution in [0.2, 0.25) is 8.67 Å². The number of hydrogen-bond donors (Lipinski definition) is 1. The van der Waals surface area contributed by atoms with Crippen LogP contribution >= 0.6 is 34.5 Å². The number of nitrogens with zero attached hydrogens (tertiary/aromatic N) is 1. The molecule has 0 fully saturated rings. The number of pyridine rings is 1. The molecule has 0 aliphatic carbocycles. The van der Waals surface area contributed by atoms with E-state index in [1.807, 2.05) is 25.1 Å². The fourth-order valence-electron chi connectivity index (χ4n) is 2.07. The number of aryl methyl sites for hydroxylation is 1. The van der Waals surface area contributed by atoms with Gasteiger partial charge in [-0.25, -0.2) is 8.42 Å². The number of benzene rings is 1. The molecule has 22 heavy (non-hydrogen) atoms. The summed E-state index contributed by atoms with van der Waals surface area (Å²) in [6, 6.07) is 8.73. The number of aromatic nitrogens is 1. The second-order valence-corrected chi connectivity index (χ2v) is 8.56. The third-order valence-corrected chi connectivity index (χ3v) is 6.24. The lowest BCUT2D eigenvalue weighted by Gasteiger charge is -2.12. The average Bonchev–Trinajstić information content (AvgIpc) is 2.82. The van der Waals surface area contributed by atoms with Gasteiger partial charge < -0.3 is 0 Å². The van der Waals surface area contributed by atoms with Crippen molar-refractivity contribution in [2.75, 3.05) is 4.72 Å². The predicted molar refractivity (Wildman–Crippen MR) is 91.6 cm³/mol. The molecule has 1 aromatic carbocycles. The monoisotopic (exact) mass is 372 g/mol. The molecule has 0 saturated carbocycles. The van der Waals surface area contributed by atoms with Gasteiger partial charge in [0.05, 0.1) is 15.5 Å². The molecular weight excluding hydrogens is 363 g/mol. The maximum Gasteiger partial charge on any atom is 0.264 e. The van der Waals surface area contributed by atoms with Gasteiger partial charge in [0.25, 0.3) is 10.0 Å². The van der Waals surface area contributed by atoms with Gasteiger partial charge in [0.2, 0.25) is 0 Å². The molecule has 0 aliphatic rings. The molecule has 114 valence electrons. The molecule has 3 aromatic rings. The first kappa shape index (κ1) is 15.6. The topological polar surface area (TPSA) is 59.1 Å². The minimum absolute atomic E-state index is 0.0310. The van der Waals surface area contributed by atoms with Crippen LogP contribution in [0.3, 0.4) is 0 Å². The molecule has 0 amide bonds. The summed E-state index contributed by atoms with van der Waals surface area (Å²) in [6.07, 6.45) is 1.62. The fourth-order valence-corrected chi connectivity index (χ4v) is 5.36. The van der Waals surface area contributed by atoms with Crippen molar-refractivity contribution >= 4 is 61.2 Å². The molecule has 0 saturated heterocycles. The number of hydrogen-bond acceptors (Lipinski definition) is 4. The molecule has 0 aliphatic heterocycles. The van der Waals surface area contributed by atoms with Crippen molar-refractivity contribution in [1.82, 2.24) is 4.98 Å². The highest BCUT2D eigenvalue weighted by Gasteiger charge is 2.22. The number of fused-ring (bicyclic) bond motifs is 1. The summed E-state index contributed by atoms with van der Waals surface area (Å²) in [4.78, 5) is 4.23. The molecule has 8 heteroatoms. The van der Waals surface area contributed by atoms with Gasteiger partial charge in [-0.05, 0) is 24.6 Å². The first-order valence-corrected chi connectivity index (χ1v) is 9.26. The molecule has 0 bridgehead atoms. The zero-order valence-corrected chi connectivity index (χ0v) is 14.4. The maximum atomic E-state index is 12.6. The van der Waals surface area contributed by atoms with Gasteiger partial charge in [0.15, 0.2) is 0 Å². The lowest BCUT2D eigenvalue weighted by molar-refractivity contribution is 0.601. The second kappa shape index (κ2) is 5.70. The Hall–Kier alpha value is -1.34. The molecule has 0 radical (unpaired) electrons. The minimum Gasteiger partial charge on any atom is -0.277 e. The van der Waals surface area contributed by atoms with E-state index in [1.54, 1.807) is 12.3 Å². The molecular formula is C14H10Cl2N2O2S2. The summed E-state index contributed by atoms with van der Waals surface area (Å²) in [6.45, 7) is 1.81. The van der Waals surface area contributed by atoms with E-state index in [4.69, 9.17) is 23.2 Å². The van der Waals surface area contributed by atoms with E-state index in [1.165, 1.54) is 6.07 Å². The zero-order chi connectivity index (χ0) is 15.9. The van der Waals surface area contributed by atoms with Gasteiger partial charge in [-0.2, -0.15) is 0 Å². The van der Waals surface area contributed by atoms with Crippen molar-refractivity contribution in [2.45, 2.75) is 11.8 Å². The number of rotatable bonds is 3. The summed E-state index contributed by atoms with van der Waals surface area (Å²) >= 11 is 12.8. The first-order chi connectivity index (χ1) is 10.4. The van der Waals surface area contributed by atoms with Gasteiger partial charge in [-0.1, -0.05) is 41.4 Å². The Labute approximate surface area is 141 Å². The van der Waals surface area contributed by atoms with E-state index in [9.17, 15) is 8.42 Å². The normalized spacial score (nSPS) is 11.8. The SMILES string of the molecule is Cc1ccc2cccnc2c1NS(=O)(=O)c1cc(Cl)sc1Cl. The minimum atomic E-state index is -3.83. The van der Waals surface area contributed by atoms with Crippen molar-refractivity contribution in [3.63, 3.8) is 0 Å². The van der Waals surface area contributed by atoms with Crippen molar-refractivity contribution in [2.24, 2.45) is 0 Å². The van der Waals surface area contributed by atoms with Crippen LogP contribution in [0.25, 0.3) is 10.9 Å². The summed E-state index contributed by atoms with van der Waals surface area (Å²) < 4.78 is 28.1. The standard InChI is InChI=1S/C14H10Cl2N2O2S2/c1-8-4-5-9-3-2-6-17-13(9)12(8)18-22(19,20)10-7-11(15)21-14(10)16/h2-7,18H,1H3. The number of halogens is 2. The molecule has 0 spiro atoms. The Balaban J connectivity index is 2.14. The van der Waals surface area contributed by atoms with E-state index >= 15 is 0 Å². The van der Waals surface area contributed by atoms with Gasteiger partial charge in [-0.3, -0.25) is 9.71 Å². The Bertz CT molecular complexity index is 968. The molecule has 1 N–H and O–H groups in total. The number of nitrogens with one attached hydrogen (secondary N) is 1. The van der Waals surface area contributed by atoms with Crippen LogP contribution in [0.15, 0.2) is 41.4 Å². The molecule has 2 heterocycles. The summed E-state index contributed by atoms with van der Waals surface area (Å²) in [5.74, 6) is 0. The van der Waals surface area contributed by atoms with Crippen LogP contribution in [0.4, 0.5) is 5.69 Å². The second-order valence-electron chi connectivity index (χ2n) is 4.63. The van der Waals surface area contributed by atoms with Crippen molar-refractivity contribution in [3.05, 3.63) is 50.8 Å². The Morgan fingerprint density at radius 2 is 2.00 bits per heavy atom. The van der Waals surface area contributed by atoms with E-state index in [0.717, 1.165) is 22.3 Å². The van der Waals surface area contributed by atoms with Crippen LogP contribution in [-0.2, 0) is 10.0 Å². The molecule has 0 unspecified atom stereocenters. The van der Waals surface area contributed by atoms with E-state index < -0.39 is 10.0 Å². The van der Waals surface area contributed by atoms with Crippen LogP contribution in [0.5, 0.6) is 0 Å². The zero-order valence-electron chi connectivity index (χ0n) is 11.3. The lowest BCUT2D eigenvalue weighted by Crippen LogP contribution is -2.14. The molecule has 4 nitrogen and oxygen atoms in total. The van der Waals surface area contributed by atoms with Crippen LogP contribution < -0.4 is 4.72 Å². The molecule has 0 atom stereocenters. The van der Waals surface area contributed by atoms with Gasteiger partial charge in [-0.15, -0.1) is 11.3 Å². The predicted octanol–water partition coefficient (Wildman–Crippen LogP) is 4.71. The molecule has 2 aromatic heterocycles. The van der Waals surface area contributed by atoms with Gasteiger partial charge in [0.1, 0.15) is 9.23 Å². The summed E-state index contributed by atoms with van der Waals surface area (Å²) in [5, 5.41) is 0.847. The summed E-state index contributed by atoms with van der Waals surface area (Å²) in [5.41, 5.74) is 1.80. The quantitative estimate of drug-likeness (QED) is 0.723. The van der Waals surface area contributed by atoms with E-state index in [-0.39, 0.29) is 9.23 Å². The van der Waals surface area contributed by atoms with Gasteiger partial charge in [0, 0.05) is 11.6 Å². The van der Waals surface area contributed by atoms with E-state index in [0.29, 0.717) is 15.5 Å². The summed E-state index contributed by atoms with van der Waals surface area (Å²) in [7, 11) is -3.83. The highest BCUT2D eigenvalue weighted by atomic mass is 35.5. The Kier molecular flexibility index (Phi) is 4.03. The Morgan fingerprint density at radius 1 is 1.23 bits per heavy atom. The van der Waals surface area contributed by atoms with Gasteiger partial charge >= 0.3 is 0 Å². The van der Waals surface area contributed by atoms with Crippen LogP contribution in [0, 0.1) is 6.92 Å². The maximum absolute atomic E-state index is 12.6. The largest absolute Gasteiger partial charge is 0.277 e. The third kappa shape index (κ3) is 2.79. The number of sulfonamides is 1. The molecule has 3 rings (SSSR count). The van der Waals surface area contributed by atoms with E-state index in [2.05, 4.69) is 9.71 Å².